The van der Waals surface area contributed by atoms with Crippen LogP contribution in [0.2, 0.25) is 5.02 Å². The minimum absolute atomic E-state index is 0.0359. The lowest BCUT2D eigenvalue weighted by Gasteiger charge is -2.22. The van der Waals surface area contributed by atoms with Gasteiger partial charge in [-0.1, -0.05) is 36.2 Å². The van der Waals surface area contributed by atoms with Gasteiger partial charge in [-0.2, -0.15) is 0 Å². The number of nitrogens with one attached hydrogen (secondary N) is 2. The highest BCUT2D eigenvalue weighted by atomic mass is 35.5. The van der Waals surface area contributed by atoms with Crippen LogP contribution in [-0.4, -0.2) is 18.5 Å². The number of benzene rings is 1. The molecule has 1 aromatic carbocycles. The molecule has 1 fully saturated rings. The van der Waals surface area contributed by atoms with Gasteiger partial charge >= 0.3 is 0 Å². The van der Waals surface area contributed by atoms with Gasteiger partial charge in [0.2, 0.25) is 5.91 Å². The van der Waals surface area contributed by atoms with Gasteiger partial charge in [0.05, 0.1) is 6.04 Å². The molecule has 1 aliphatic heterocycles. The van der Waals surface area contributed by atoms with E-state index in [0.29, 0.717) is 11.6 Å². The maximum Gasteiger partial charge on any atom is 0.237 e. The number of amides is 1. The fraction of sp³-hybridized carbons (Fsp3) is 0.462. The fourth-order valence-corrected chi connectivity index (χ4v) is 2.23. The van der Waals surface area contributed by atoms with Crippen molar-refractivity contribution in [2.75, 3.05) is 6.54 Å². The summed E-state index contributed by atoms with van der Waals surface area (Å²) < 4.78 is 0. The Balaban J connectivity index is 1.85. The molecule has 0 bridgehead atoms. The Bertz CT molecular complexity index is 389. The Kier molecular flexibility index (Phi) is 4.40. The highest BCUT2D eigenvalue weighted by Gasteiger charge is 2.19. The Hall–Kier alpha value is -1.06. The van der Waals surface area contributed by atoms with Crippen LogP contribution in [0, 0.1) is 0 Å². The lowest BCUT2D eigenvalue weighted by atomic mass is 10.0. The van der Waals surface area contributed by atoms with E-state index < -0.39 is 0 Å². The topological polar surface area (TPSA) is 41.1 Å². The molecule has 0 radical (unpaired) electrons. The highest BCUT2D eigenvalue weighted by molar-refractivity contribution is 6.31. The van der Waals surface area contributed by atoms with Gasteiger partial charge < -0.3 is 10.6 Å². The summed E-state index contributed by atoms with van der Waals surface area (Å²) in [6, 6.07) is 7.53. The molecular formula is C13H17ClN2O. The molecule has 92 valence electrons. The van der Waals surface area contributed by atoms with Crippen LogP contribution in [0.5, 0.6) is 0 Å². The van der Waals surface area contributed by atoms with Crippen LogP contribution in [0.25, 0.3) is 0 Å². The monoisotopic (exact) mass is 252 g/mol. The highest BCUT2D eigenvalue weighted by Crippen LogP contribution is 2.14. The minimum atomic E-state index is -0.0359. The van der Waals surface area contributed by atoms with E-state index in [0.717, 1.165) is 31.4 Å². The second-order valence-electron chi connectivity index (χ2n) is 4.31. The average Bonchev–Trinajstić information content (AvgIpc) is 2.38. The van der Waals surface area contributed by atoms with Crippen molar-refractivity contribution in [1.82, 2.24) is 10.6 Å². The molecular weight excluding hydrogens is 236 g/mol. The summed E-state index contributed by atoms with van der Waals surface area (Å²) in [6.07, 6.45) is 3.21. The molecule has 4 heteroatoms. The Morgan fingerprint density at radius 2 is 2.24 bits per heavy atom. The molecule has 3 nitrogen and oxygen atoms in total. The number of hydrogen-bond donors (Lipinski definition) is 2. The van der Waals surface area contributed by atoms with Crippen molar-refractivity contribution in [3.8, 4) is 0 Å². The third-order valence-electron chi connectivity index (χ3n) is 3.04. The van der Waals surface area contributed by atoms with Crippen LogP contribution < -0.4 is 10.6 Å². The Morgan fingerprint density at radius 3 is 2.94 bits per heavy atom. The van der Waals surface area contributed by atoms with Gasteiger partial charge in [0.15, 0.2) is 0 Å². The second-order valence-corrected chi connectivity index (χ2v) is 4.72. The summed E-state index contributed by atoms with van der Waals surface area (Å²) in [6.45, 7) is 1.43. The van der Waals surface area contributed by atoms with Crippen LogP contribution in [-0.2, 0) is 11.3 Å². The smallest absolute Gasteiger partial charge is 0.237 e. The number of hydrogen-bond acceptors (Lipinski definition) is 2. The number of carbonyl (C=O) groups is 1. The lowest BCUT2D eigenvalue weighted by Crippen LogP contribution is -2.46. The van der Waals surface area contributed by atoms with E-state index in [4.69, 9.17) is 11.6 Å². The molecule has 1 atom stereocenters. The molecule has 1 heterocycles. The van der Waals surface area contributed by atoms with Gasteiger partial charge in [-0.05, 0) is 31.0 Å². The molecule has 2 N–H and O–H groups in total. The number of carbonyl (C=O) groups excluding carboxylic acids is 1. The number of halogens is 1. The van der Waals surface area contributed by atoms with Crippen molar-refractivity contribution in [2.24, 2.45) is 0 Å². The summed E-state index contributed by atoms with van der Waals surface area (Å²) in [7, 11) is 0. The van der Waals surface area contributed by atoms with Crippen molar-refractivity contribution >= 4 is 17.5 Å². The van der Waals surface area contributed by atoms with Crippen LogP contribution in [0.3, 0.4) is 0 Å². The van der Waals surface area contributed by atoms with Gasteiger partial charge in [0.25, 0.3) is 0 Å². The first-order chi connectivity index (χ1) is 8.27. The Labute approximate surface area is 107 Å². The predicted molar refractivity (Wildman–Crippen MR) is 68.9 cm³/mol. The molecule has 1 amide bonds. The van der Waals surface area contributed by atoms with E-state index >= 15 is 0 Å². The quantitative estimate of drug-likeness (QED) is 0.865. The first-order valence-corrected chi connectivity index (χ1v) is 6.39. The molecule has 1 saturated heterocycles. The van der Waals surface area contributed by atoms with Gasteiger partial charge in [-0.15, -0.1) is 0 Å². The van der Waals surface area contributed by atoms with Crippen molar-refractivity contribution in [3.05, 3.63) is 34.9 Å². The molecule has 0 saturated carbocycles. The molecule has 0 aromatic heterocycles. The normalized spacial score (nSPS) is 19.9. The second kappa shape index (κ2) is 6.03. The predicted octanol–water partition coefficient (Wildman–Crippen LogP) is 2.10. The van der Waals surface area contributed by atoms with Gasteiger partial charge in [0.1, 0.15) is 0 Å². The number of piperidine rings is 1. The third-order valence-corrected chi connectivity index (χ3v) is 3.41. The standard InChI is InChI=1S/C13H17ClN2O/c14-11-6-2-1-5-10(11)9-16-13(17)12-7-3-4-8-15-12/h1-2,5-6,12,15H,3-4,7-9H2,(H,16,17). The zero-order chi connectivity index (χ0) is 12.1. The van der Waals surface area contributed by atoms with Crippen LogP contribution in [0.15, 0.2) is 24.3 Å². The number of rotatable bonds is 3. The summed E-state index contributed by atoms with van der Waals surface area (Å²) in [5.41, 5.74) is 0.957. The molecule has 1 aromatic rings. The van der Waals surface area contributed by atoms with E-state index in [9.17, 15) is 4.79 Å². The summed E-state index contributed by atoms with van der Waals surface area (Å²) in [5.74, 6) is 0.0737. The average molecular weight is 253 g/mol. The van der Waals surface area contributed by atoms with Crippen molar-refractivity contribution in [1.29, 1.82) is 0 Å². The lowest BCUT2D eigenvalue weighted by molar-refractivity contribution is -0.123. The molecule has 17 heavy (non-hydrogen) atoms. The SMILES string of the molecule is O=C(NCc1ccccc1Cl)C1CCCCN1. The van der Waals surface area contributed by atoms with Crippen molar-refractivity contribution in [2.45, 2.75) is 31.8 Å². The van der Waals surface area contributed by atoms with Crippen LogP contribution >= 0.6 is 11.6 Å². The third kappa shape index (κ3) is 3.45. The zero-order valence-corrected chi connectivity index (χ0v) is 10.5. The van der Waals surface area contributed by atoms with Gasteiger partial charge in [0, 0.05) is 11.6 Å². The summed E-state index contributed by atoms with van der Waals surface area (Å²) in [4.78, 5) is 11.9. The van der Waals surface area contributed by atoms with Gasteiger partial charge in [-0.3, -0.25) is 4.79 Å². The first-order valence-electron chi connectivity index (χ1n) is 6.02. The van der Waals surface area contributed by atoms with Crippen molar-refractivity contribution < 1.29 is 4.79 Å². The van der Waals surface area contributed by atoms with E-state index in [-0.39, 0.29) is 11.9 Å². The van der Waals surface area contributed by atoms with E-state index in [1.54, 1.807) is 0 Å². The van der Waals surface area contributed by atoms with Crippen LogP contribution in [0.1, 0.15) is 24.8 Å². The Morgan fingerprint density at radius 1 is 1.41 bits per heavy atom. The molecule has 2 rings (SSSR count). The van der Waals surface area contributed by atoms with Crippen molar-refractivity contribution in [3.63, 3.8) is 0 Å². The maximum absolute atomic E-state index is 11.9. The summed E-state index contributed by atoms with van der Waals surface area (Å²) >= 11 is 6.03. The fourth-order valence-electron chi connectivity index (χ4n) is 2.02. The van der Waals surface area contributed by atoms with Gasteiger partial charge in [-0.25, -0.2) is 0 Å². The summed E-state index contributed by atoms with van der Waals surface area (Å²) in [5, 5.41) is 6.85. The minimum Gasteiger partial charge on any atom is -0.351 e. The molecule has 0 aliphatic carbocycles. The largest absolute Gasteiger partial charge is 0.351 e. The molecule has 0 spiro atoms. The van der Waals surface area contributed by atoms with Crippen LogP contribution in [0.4, 0.5) is 0 Å². The van der Waals surface area contributed by atoms with E-state index in [1.807, 2.05) is 24.3 Å². The van der Waals surface area contributed by atoms with E-state index in [1.165, 1.54) is 0 Å². The molecule has 1 aliphatic rings. The maximum atomic E-state index is 11.9. The molecule has 1 unspecified atom stereocenters. The zero-order valence-electron chi connectivity index (χ0n) is 9.71. The van der Waals surface area contributed by atoms with E-state index in [2.05, 4.69) is 10.6 Å². The first kappa shape index (κ1) is 12.4.